The molecule has 0 saturated carbocycles. The van der Waals surface area contributed by atoms with Crippen molar-refractivity contribution in [2.45, 2.75) is 52.9 Å². The van der Waals surface area contributed by atoms with Gasteiger partial charge < -0.3 is 11.1 Å². The summed E-state index contributed by atoms with van der Waals surface area (Å²) in [4.78, 5) is 8.14. The van der Waals surface area contributed by atoms with Gasteiger partial charge in [-0.25, -0.2) is 4.98 Å². The molecule has 0 aromatic carbocycles. The van der Waals surface area contributed by atoms with Gasteiger partial charge in [0.1, 0.15) is 5.82 Å². The number of nitrogens with one attached hydrogen (secondary N) is 1. The fourth-order valence-corrected chi connectivity index (χ4v) is 1.87. The van der Waals surface area contributed by atoms with Crippen molar-refractivity contribution in [3.05, 3.63) is 11.8 Å². The quantitative estimate of drug-likeness (QED) is 0.694. The first kappa shape index (κ1) is 14.7. The summed E-state index contributed by atoms with van der Waals surface area (Å²) in [5.74, 6) is 2.03. The second kappa shape index (κ2) is 7.90. The molecule has 1 rings (SSSR count). The van der Waals surface area contributed by atoms with Crippen molar-refractivity contribution in [3.8, 4) is 0 Å². The Labute approximate surface area is 110 Å². The molecule has 0 saturated heterocycles. The number of aryl methyl sites for hydroxylation is 1. The monoisotopic (exact) mass is 250 g/mol. The summed E-state index contributed by atoms with van der Waals surface area (Å²) in [5.41, 5.74) is 6.61. The lowest BCUT2D eigenvalue weighted by Crippen LogP contribution is -2.07. The van der Waals surface area contributed by atoms with E-state index in [9.17, 15) is 0 Å². The van der Waals surface area contributed by atoms with Gasteiger partial charge in [0, 0.05) is 18.3 Å². The molecule has 0 bridgehead atoms. The number of anilines is 2. The van der Waals surface area contributed by atoms with Crippen LogP contribution in [0.1, 0.15) is 51.5 Å². The molecule has 0 aliphatic rings. The molecular weight excluding hydrogens is 224 g/mol. The number of nitrogen functional groups attached to an aromatic ring is 1. The Balaban J connectivity index is 2.12. The van der Waals surface area contributed by atoms with Crippen molar-refractivity contribution in [2.75, 3.05) is 17.6 Å². The van der Waals surface area contributed by atoms with Gasteiger partial charge in [-0.15, -0.1) is 0 Å². The smallest absolute Gasteiger partial charge is 0.221 e. The Morgan fingerprint density at radius 2 is 1.94 bits per heavy atom. The largest absolute Gasteiger partial charge is 0.370 e. The number of nitrogens with two attached hydrogens (primary N) is 1. The van der Waals surface area contributed by atoms with Crippen molar-refractivity contribution in [1.29, 1.82) is 0 Å². The second-order valence-electron chi connectivity index (χ2n) is 5.28. The summed E-state index contributed by atoms with van der Waals surface area (Å²) in [5, 5.41) is 3.32. The lowest BCUT2D eigenvalue weighted by atomic mass is 10.0. The fourth-order valence-electron chi connectivity index (χ4n) is 1.87. The van der Waals surface area contributed by atoms with Gasteiger partial charge in [-0.05, 0) is 19.3 Å². The number of aromatic nitrogens is 2. The van der Waals surface area contributed by atoms with Gasteiger partial charge in [-0.3, -0.25) is 0 Å². The standard InChI is InChI=1S/C14H26N4/c1-11(2)8-6-4-5-7-9-16-13-12(3)10-17-14(15)18-13/h10-11H,4-9H2,1-3H3,(H3,15,16,17,18). The lowest BCUT2D eigenvalue weighted by Gasteiger charge is -2.08. The van der Waals surface area contributed by atoms with Crippen molar-refractivity contribution in [2.24, 2.45) is 5.92 Å². The molecule has 4 heteroatoms. The average Bonchev–Trinajstić information content (AvgIpc) is 2.32. The Morgan fingerprint density at radius 3 is 2.67 bits per heavy atom. The van der Waals surface area contributed by atoms with Crippen LogP contribution in [-0.4, -0.2) is 16.5 Å². The van der Waals surface area contributed by atoms with Gasteiger partial charge in [0.25, 0.3) is 0 Å². The third-order valence-corrected chi connectivity index (χ3v) is 2.99. The number of hydrogen-bond donors (Lipinski definition) is 2. The number of rotatable bonds is 8. The van der Waals surface area contributed by atoms with Crippen LogP contribution in [0.2, 0.25) is 0 Å². The van der Waals surface area contributed by atoms with E-state index in [1.165, 1.54) is 32.1 Å². The molecule has 0 radical (unpaired) electrons. The van der Waals surface area contributed by atoms with E-state index in [0.717, 1.165) is 23.8 Å². The highest BCUT2D eigenvalue weighted by Crippen LogP contribution is 2.12. The van der Waals surface area contributed by atoms with E-state index in [1.807, 2.05) is 6.92 Å². The van der Waals surface area contributed by atoms with Crippen LogP contribution < -0.4 is 11.1 Å². The summed E-state index contributed by atoms with van der Waals surface area (Å²) in [6.07, 6.45) is 8.23. The van der Waals surface area contributed by atoms with E-state index in [0.29, 0.717) is 5.95 Å². The van der Waals surface area contributed by atoms with E-state index in [4.69, 9.17) is 5.73 Å². The maximum atomic E-state index is 5.56. The normalized spacial score (nSPS) is 10.9. The molecular formula is C14H26N4. The Morgan fingerprint density at radius 1 is 1.22 bits per heavy atom. The van der Waals surface area contributed by atoms with E-state index < -0.39 is 0 Å². The summed E-state index contributed by atoms with van der Waals surface area (Å²) >= 11 is 0. The Hall–Kier alpha value is -1.32. The Kier molecular flexibility index (Phi) is 6.47. The van der Waals surface area contributed by atoms with Crippen LogP contribution in [0, 0.1) is 12.8 Å². The molecule has 1 aromatic heterocycles. The average molecular weight is 250 g/mol. The van der Waals surface area contributed by atoms with Gasteiger partial charge in [-0.2, -0.15) is 4.98 Å². The first-order valence-electron chi connectivity index (χ1n) is 6.92. The number of hydrogen-bond acceptors (Lipinski definition) is 4. The zero-order valence-electron chi connectivity index (χ0n) is 11.9. The molecule has 3 N–H and O–H groups in total. The van der Waals surface area contributed by atoms with Gasteiger partial charge in [0.05, 0.1) is 0 Å². The highest BCUT2D eigenvalue weighted by Gasteiger charge is 2.00. The SMILES string of the molecule is Cc1cnc(N)nc1NCCCCCCC(C)C. The molecule has 102 valence electrons. The highest BCUT2D eigenvalue weighted by atomic mass is 15.1. The first-order valence-corrected chi connectivity index (χ1v) is 6.92. The zero-order chi connectivity index (χ0) is 13.4. The molecule has 0 atom stereocenters. The van der Waals surface area contributed by atoms with Crippen LogP contribution in [0.3, 0.4) is 0 Å². The third kappa shape index (κ3) is 5.84. The molecule has 0 aliphatic carbocycles. The minimum atomic E-state index is 0.333. The maximum absolute atomic E-state index is 5.56. The van der Waals surface area contributed by atoms with E-state index in [-0.39, 0.29) is 0 Å². The molecule has 18 heavy (non-hydrogen) atoms. The third-order valence-electron chi connectivity index (χ3n) is 2.99. The molecule has 4 nitrogen and oxygen atoms in total. The van der Waals surface area contributed by atoms with Crippen LogP contribution in [-0.2, 0) is 0 Å². The fraction of sp³-hybridized carbons (Fsp3) is 0.714. The van der Waals surface area contributed by atoms with Crippen molar-refractivity contribution >= 4 is 11.8 Å². The number of unbranched alkanes of at least 4 members (excludes halogenated alkanes) is 3. The lowest BCUT2D eigenvalue weighted by molar-refractivity contribution is 0.523. The van der Waals surface area contributed by atoms with Gasteiger partial charge in [0.15, 0.2) is 0 Å². The van der Waals surface area contributed by atoms with Crippen LogP contribution >= 0.6 is 0 Å². The second-order valence-corrected chi connectivity index (χ2v) is 5.28. The van der Waals surface area contributed by atoms with Crippen molar-refractivity contribution in [1.82, 2.24) is 9.97 Å². The van der Waals surface area contributed by atoms with Gasteiger partial charge >= 0.3 is 0 Å². The van der Waals surface area contributed by atoms with E-state index in [2.05, 4.69) is 29.1 Å². The minimum absolute atomic E-state index is 0.333. The molecule has 0 spiro atoms. The molecule has 1 heterocycles. The van der Waals surface area contributed by atoms with Crippen molar-refractivity contribution in [3.63, 3.8) is 0 Å². The topological polar surface area (TPSA) is 63.8 Å². The van der Waals surface area contributed by atoms with Crippen LogP contribution in [0.25, 0.3) is 0 Å². The molecule has 0 unspecified atom stereocenters. The van der Waals surface area contributed by atoms with Gasteiger partial charge in [0.2, 0.25) is 5.95 Å². The van der Waals surface area contributed by atoms with Crippen LogP contribution in [0.15, 0.2) is 6.20 Å². The number of nitrogens with zero attached hydrogens (tertiary/aromatic N) is 2. The summed E-state index contributed by atoms with van der Waals surface area (Å²) in [6, 6.07) is 0. The minimum Gasteiger partial charge on any atom is -0.370 e. The predicted octanol–water partition coefficient (Wildman–Crippen LogP) is 3.39. The predicted molar refractivity (Wildman–Crippen MR) is 77.6 cm³/mol. The highest BCUT2D eigenvalue weighted by molar-refractivity contribution is 5.44. The summed E-state index contributed by atoms with van der Waals surface area (Å²) < 4.78 is 0. The summed E-state index contributed by atoms with van der Waals surface area (Å²) in [6.45, 7) is 7.51. The van der Waals surface area contributed by atoms with Crippen LogP contribution in [0.5, 0.6) is 0 Å². The summed E-state index contributed by atoms with van der Waals surface area (Å²) in [7, 11) is 0. The van der Waals surface area contributed by atoms with Gasteiger partial charge in [-0.1, -0.05) is 39.5 Å². The molecule has 1 aromatic rings. The maximum Gasteiger partial charge on any atom is 0.221 e. The zero-order valence-corrected chi connectivity index (χ0v) is 11.9. The Bertz CT molecular complexity index is 350. The van der Waals surface area contributed by atoms with E-state index in [1.54, 1.807) is 6.20 Å². The van der Waals surface area contributed by atoms with Crippen molar-refractivity contribution < 1.29 is 0 Å². The van der Waals surface area contributed by atoms with E-state index >= 15 is 0 Å². The molecule has 0 aliphatic heterocycles. The molecule has 0 fully saturated rings. The first-order chi connectivity index (χ1) is 8.59. The van der Waals surface area contributed by atoms with Crippen LogP contribution in [0.4, 0.5) is 11.8 Å². The molecule has 0 amide bonds.